The molecular formula is C16H18ClNO3S. The Bertz CT molecular complexity index is 729. The number of hydrogen-bond donors (Lipinski definition) is 2. The summed E-state index contributed by atoms with van der Waals surface area (Å²) >= 11 is 6.03. The first-order valence-electron chi connectivity index (χ1n) is 6.93. The highest BCUT2D eigenvalue weighted by atomic mass is 35.5. The molecule has 2 rings (SSSR count). The minimum Gasteiger partial charge on any atom is -0.387 e. The predicted octanol–water partition coefficient (Wildman–Crippen LogP) is 3.28. The molecule has 0 amide bonds. The lowest BCUT2D eigenvalue weighted by atomic mass is 10.1. The van der Waals surface area contributed by atoms with Gasteiger partial charge in [-0.1, -0.05) is 36.7 Å². The Hall–Kier alpha value is -1.56. The number of rotatable bonds is 6. The highest BCUT2D eigenvalue weighted by molar-refractivity contribution is 7.91. The molecule has 0 aliphatic rings. The van der Waals surface area contributed by atoms with Gasteiger partial charge in [0.15, 0.2) is 9.84 Å². The maximum atomic E-state index is 11.7. The fourth-order valence-corrected chi connectivity index (χ4v) is 3.16. The van der Waals surface area contributed by atoms with Crippen LogP contribution in [0, 0.1) is 0 Å². The molecule has 2 aromatic carbocycles. The first-order chi connectivity index (χ1) is 10.4. The van der Waals surface area contributed by atoms with E-state index in [1.165, 1.54) is 0 Å². The van der Waals surface area contributed by atoms with Crippen LogP contribution in [0.1, 0.15) is 18.6 Å². The molecule has 22 heavy (non-hydrogen) atoms. The van der Waals surface area contributed by atoms with Gasteiger partial charge in [-0.2, -0.15) is 0 Å². The van der Waals surface area contributed by atoms with E-state index >= 15 is 0 Å². The number of hydrogen-bond acceptors (Lipinski definition) is 4. The molecule has 0 fully saturated rings. The lowest BCUT2D eigenvalue weighted by Crippen LogP contribution is -2.12. The summed E-state index contributed by atoms with van der Waals surface area (Å²) in [6, 6.07) is 13.6. The van der Waals surface area contributed by atoms with Crippen LogP contribution in [0.5, 0.6) is 0 Å². The second-order valence-corrected chi connectivity index (χ2v) is 7.53. The van der Waals surface area contributed by atoms with E-state index in [0.717, 1.165) is 5.69 Å². The fourth-order valence-electron chi connectivity index (χ4n) is 2.02. The van der Waals surface area contributed by atoms with Gasteiger partial charge in [-0.3, -0.25) is 0 Å². The molecule has 0 heterocycles. The van der Waals surface area contributed by atoms with Crippen LogP contribution in [0.25, 0.3) is 0 Å². The maximum absolute atomic E-state index is 11.7. The first kappa shape index (κ1) is 16.8. The number of sulfone groups is 1. The number of nitrogens with one attached hydrogen (secondary N) is 1. The van der Waals surface area contributed by atoms with Crippen molar-refractivity contribution in [3.63, 3.8) is 0 Å². The van der Waals surface area contributed by atoms with Crippen molar-refractivity contribution in [1.29, 1.82) is 0 Å². The number of aliphatic hydroxyl groups excluding tert-OH is 1. The van der Waals surface area contributed by atoms with E-state index in [1.807, 2.05) is 6.07 Å². The summed E-state index contributed by atoms with van der Waals surface area (Å²) < 4.78 is 23.5. The molecule has 0 aliphatic heterocycles. The summed E-state index contributed by atoms with van der Waals surface area (Å²) in [5.41, 5.74) is 1.39. The van der Waals surface area contributed by atoms with Gasteiger partial charge in [0.2, 0.25) is 0 Å². The van der Waals surface area contributed by atoms with Crippen molar-refractivity contribution in [1.82, 2.24) is 0 Å². The highest BCUT2D eigenvalue weighted by Gasteiger charge is 2.12. The molecule has 0 radical (unpaired) electrons. The number of aliphatic hydroxyl groups is 1. The zero-order valence-electron chi connectivity index (χ0n) is 12.2. The average molecular weight is 340 g/mol. The molecule has 0 saturated heterocycles. The summed E-state index contributed by atoms with van der Waals surface area (Å²) in [5, 5.41) is 13.7. The molecule has 0 aromatic heterocycles. The summed E-state index contributed by atoms with van der Waals surface area (Å²) in [6.45, 7) is 1.89. The second-order valence-electron chi connectivity index (χ2n) is 4.85. The molecule has 0 spiro atoms. The van der Waals surface area contributed by atoms with Crippen molar-refractivity contribution in [2.75, 3.05) is 17.6 Å². The standard InChI is InChI=1S/C16H18ClNO3S/c1-2-22(20,21)13-9-7-12(8-10-13)18-11-16(19)14-5-3-4-6-15(14)17/h3-10,16,18-19H,2,11H2,1H3/t16-/m1/s1. The van der Waals surface area contributed by atoms with Crippen molar-refractivity contribution in [2.45, 2.75) is 17.9 Å². The topological polar surface area (TPSA) is 66.4 Å². The Labute approximate surface area is 135 Å². The Balaban J connectivity index is 2.02. The highest BCUT2D eigenvalue weighted by Crippen LogP contribution is 2.23. The van der Waals surface area contributed by atoms with Crippen molar-refractivity contribution in [3.05, 3.63) is 59.1 Å². The molecule has 2 aromatic rings. The Morgan fingerprint density at radius 2 is 1.77 bits per heavy atom. The lowest BCUT2D eigenvalue weighted by Gasteiger charge is -2.14. The second kappa shape index (κ2) is 7.13. The minimum atomic E-state index is -3.19. The zero-order chi connectivity index (χ0) is 16.2. The van der Waals surface area contributed by atoms with Crippen LogP contribution in [0.4, 0.5) is 5.69 Å². The van der Waals surface area contributed by atoms with Gasteiger partial charge in [0.05, 0.1) is 16.8 Å². The maximum Gasteiger partial charge on any atom is 0.178 e. The van der Waals surface area contributed by atoms with Crippen molar-refractivity contribution in [2.24, 2.45) is 0 Å². The van der Waals surface area contributed by atoms with Gasteiger partial charge in [0.25, 0.3) is 0 Å². The van der Waals surface area contributed by atoms with Crippen LogP contribution < -0.4 is 5.32 Å². The molecule has 6 heteroatoms. The van der Waals surface area contributed by atoms with Crippen LogP contribution in [0.2, 0.25) is 5.02 Å². The van der Waals surface area contributed by atoms with Gasteiger partial charge in [0, 0.05) is 22.8 Å². The van der Waals surface area contributed by atoms with E-state index in [0.29, 0.717) is 15.5 Å². The monoisotopic (exact) mass is 339 g/mol. The molecule has 0 bridgehead atoms. The molecule has 0 unspecified atom stereocenters. The Kier molecular flexibility index (Phi) is 5.45. The van der Waals surface area contributed by atoms with Crippen molar-refractivity contribution >= 4 is 27.1 Å². The van der Waals surface area contributed by atoms with Crippen LogP contribution in [0.3, 0.4) is 0 Å². The van der Waals surface area contributed by atoms with Gasteiger partial charge < -0.3 is 10.4 Å². The average Bonchev–Trinajstić information content (AvgIpc) is 2.53. The van der Waals surface area contributed by atoms with E-state index in [-0.39, 0.29) is 12.3 Å². The molecular weight excluding hydrogens is 322 g/mol. The first-order valence-corrected chi connectivity index (χ1v) is 8.96. The van der Waals surface area contributed by atoms with E-state index in [1.54, 1.807) is 49.4 Å². The van der Waals surface area contributed by atoms with Crippen molar-refractivity contribution < 1.29 is 13.5 Å². The van der Waals surface area contributed by atoms with E-state index in [9.17, 15) is 13.5 Å². The van der Waals surface area contributed by atoms with Crippen molar-refractivity contribution in [3.8, 4) is 0 Å². The van der Waals surface area contributed by atoms with Crippen LogP contribution >= 0.6 is 11.6 Å². The zero-order valence-corrected chi connectivity index (χ0v) is 13.7. The number of benzene rings is 2. The quantitative estimate of drug-likeness (QED) is 0.847. The number of halogens is 1. The molecule has 0 aliphatic carbocycles. The molecule has 1 atom stereocenters. The van der Waals surface area contributed by atoms with Crippen LogP contribution in [-0.2, 0) is 9.84 Å². The molecule has 4 nitrogen and oxygen atoms in total. The summed E-state index contributed by atoms with van der Waals surface area (Å²) in [7, 11) is -3.19. The van der Waals surface area contributed by atoms with E-state index in [4.69, 9.17) is 11.6 Å². The summed E-state index contributed by atoms with van der Waals surface area (Å²) in [6.07, 6.45) is -0.743. The SMILES string of the molecule is CCS(=O)(=O)c1ccc(NC[C@@H](O)c2ccccc2Cl)cc1. The fraction of sp³-hybridized carbons (Fsp3) is 0.250. The van der Waals surface area contributed by atoms with Gasteiger partial charge in [-0.05, 0) is 30.3 Å². The lowest BCUT2D eigenvalue weighted by molar-refractivity contribution is 0.192. The normalized spacial score (nSPS) is 12.9. The van der Waals surface area contributed by atoms with E-state index < -0.39 is 15.9 Å². The third-order valence-corrected chi connectivity index (χ3v) is 5.45. The third-order valence-electron chi connectivity index (χ3n) is 3.36. The Morgan fingerprint density at radius 3 is 2.36 bits per heavy atom. The predicted molar refractivity (Wildman–Crippen MR) is 89.1 cm³/mol. The molecule has 2 N–H and O–H groups in total. The van der Waals surface area contributed by atoms with Crippen LogP contribution in [-0.4, -0.2) is 25.8 Å². The minimum absolute atomic E-state index is 0.0744. The van der Waals surface area contributed by atoms with Gasteiger partial charge in [0.1, 0.15) is 0 Å². The third kappa shape index (κ3) is 4.00. The van der Waals surface area contributed by atoms with E-state index in [2.05, 4.69) is 5.32 Å². The van der Waals surface area contributed by atoms with Gasteiger partial charge in [-0.15, -0.1) is 0 Å². The summed E-state index contributed by atoms with van der Waals surface area (Å²) in [4.78, 5) is 0.298. The smallest absolute Gasteiger partial charge is 0.178 e. The van der Waals surface area contributed by atoms with Gasteiger partial charge in [-0.25, -0.2) is 8.42 Å². The molecule has 0 saturated carbocycles. The van der Waals surface area contributed by atoms with Crippen LogP contribution in [0.15, 0.2) is 53.4 Å². The van der Waals surface area contributed by atoms with Gasteiger partial charge >= 0.3 is 0 Å². The summed E-state index contributed by atoms with van der Waals surface area (Å²) in [5.74, 6) is 0.0744. The number of anilines is 1. The molecule has 118 valence electrons. The largest absolute Gasteiger partial charge is 0.387 e. The Morgan fingerprint density at radius 1 is 1.14 bits per heavy atom.